The molecule has 0 spiro atoms. The summed E-state index contributed by atoms with van der Waals surface area (Å²) in [6.07, 6.45) is 0. The van der Waals surface area contributed by atoms with E-state index in [1.54, 1.807) is 14.2 Å². The van der Waals surface area contributed by atoms with Crippen LogP contribution in [0.25, 0.3) is 10.9 Å². The Labute approximate surface area is 100 Å². The Morgan fingerprint density at radius 1 is 1.18 bits per heavy atom. The lowest BCUT2D eigenvalue weighted by atomic mass is 10.1. The maximum absolute atomic E-state index is 5.67. The Bertz CT molecular complexity index is 553. The molecule has 0 unspecified atom stereocenters. The smallest absolute Gasteiger partial charge is 0.218 e. The number of methoxy groups -OCH3 is 2. The number of hydrogen-bond acceptors (Lipinski definition) is 4. The SMILES string of the molecule is COc1cc(C)c2nc(OC)c(CN)cc2c1. The minimum atomic E-state index is 0.405. The Balaban J connectivity index is 2.73. The zero-order chi connectivity index (χ0) is 12.4. The van der Waals surface area contributed by atoms with Gasteiger partial charge >= 0.3 is 0 Å². The first-order chi connectivity index (χ1) is 8.19. The zero-order valence-corrected chi connectivity index (χ0v) is 10.3. The van der Waals surface area contributed by atoms with Crippen LogP contribution in [0, 0.1) is 6.92 Å². The molecule has 0 atom stereocenters. The summed E-state index contributed by atoms with van der Waals surface area (Å²) in [5.74, 6) is 1.42. The summed E-state index contributed by atoms with van der Waals surface area (Å²) in [4.78, 5) is 4.48. The predicted molar refractivity (Wildman–Crippen MR) is 67.5 cm³/mol. The van der Waals surface area contributed by atoms with Crippen LogP contribution in [0.3, 0.4) is 0 Å². The minimum absolute atomic E-state index is 0.405. The predicted octanol–water partition coefficient (Wildman–Crippen LogP) is 2.02. The highest BCUT2D eigenvalue weighted by molar-refractivity contribution is 5.84. The van der Waals surface area contributed by atoms with Crippen molar-refractivity contribution in [2.45, 2.75) is 13.5 Å². The number of fused-ring (bicyclic) bond motifs is 1. The molecule has 0 amide bonds. The van der Waals surface area contributed by atoms with E-state index < -0.39 is 0 Å². The largest absolute Gasteiger partial charge is 0.497 e. The van der Waals surface area contributed by atoms with Gasteiger partial charge in [-0.15, -0.1) is 0 Å². The van der Waals surface area contributed by atoms with Gasteiger partial charge in [0.2, 0.25) is 5.88 Å². The van der Waals surface area contributed by atoms with Crippen molar-refractivity contribution in [1.29, 1.82) is 0 Å². The van der Waals surface area contributed by atoms with Crippen LogP contribution in [-0.2, 0) is 6.54 Å². The van der Waals surface area contributed by atoms with Crippen molar-refractivity contribution in [1.82, 2.24) is 4.98 Å². The highest BCUT2D eigenvalue weighted by atomic mass is 16.5. The lowest BCUT2D eigenvalue weighted by Crippen LogP contribution is -2.02. The van der Waals surface area contributed by atoms with E-state index in [1.165, 1.54) is 0 Å². The first kappa shape index (κ1) is 11.7. The molecular formula is C13H16N2O2. The van der Waals surface area contributed by atoms with E-state index in [0.717, 1.165) is 27.8 Å². The highest BCUT2D eigenvalue weighted by Gasteiger charge is 2.09. The molecule has 2 N–H and O–H groups in total. The third kappa shape index (κ3) is 2.03. The van der Waals surface area contributed by atoms with Gasteiger partial charge in [0.15, 0.2) is 0 Å². The molecule has 0 aliphatic heterocycles. The molecule has 0 saturated carbocycles. The van der Waals surface area contributed by atoms with Gasteiger partial charge in [-0.2, -0.15) is 0 Å². The lowest BCUT2D eigenvalue weighted by molar-refractivity contribution is 0.394. The second-order valence-corrected chi connectivity index (χ2v) is 3.88. The monoisotopic (exact) mass is 232 g/mol. The molecule has 0 bridgehead atoms. The molecule has 2 rings (SSSR count). The second-order valence-electron chi connectivity index (χ2n) is 3.88. The summed E-state index contributed by atoms with van der Waals surface area (Å²) in [6, 6.07) is 5.90. The molecule has 17 heavy (non-hydrogen) atoms. The number of rotatable bonds is 3. The fourth-order valence-electron chi connectivity index (χ4n) is 1.90. The van der Waals surface area contributed by atoms with Crippen molar-refractivity contribution in [2.24, 2.45) is 5.73 Å². The topological polar surface area (TPSA) is 57.4 Å². The summed E-state index contributed by atoms with van der Waals surface area (Å²) in [7, 11) is 3.26. The quantitative estimate of drug-likeness (QED) is 0.879. The van der Waals surface area contributed by atoms with Crippen molar-refractivity contribution in [3.05, 3.63) is 29.3 Å². The van der Waals surface area contributed by atoms with Crippen LogP contribution in [0.2, 0.25) is 0 Å². The van der Waals surface area contributed by atoms with Crippen LogP contribution in [0.15, 0.2) is 18.2 Å². The van der Waals surface area contributed by atoms with E-state index in [1.807, 2.05) is 25.1 Å². The van der Waals surface area contributed by atoms with E-state index in [-0.39, 0.29) is 0 Å². The Kier molecular flexibility index (Phi) is 3.15. The van der Waals surface area contributed by atoms with Gasteiger partial charge in [-0.3, -0.25) is 0 Å². The number of pyridine rings is 1. The van der Waals surface area contributed by atoms with Crippen LogP contribution in [0.1, 0.15) is 11.1 Å². The molecule has 1 aromatic heterocycles. The summed E-state index contributed by atoms with van der Waals surface area (Å²) < 4.78 is 10.5. The van der Waals surface area contributed by atoms with Crippen molar-refractivity contribution >= 4 is 10.9 Å². The van der Waals surface area contributed by atoms with E-state index in [0.29, 0.717) is 12.4 Å². The van der Waals surface area contributed by atoms with Crippen molar-refractivity contribution in [3.8, 4) is 11.6 Å². The Hall–Kier alpha value is -1.81. The molecule has 0 fully saturated rings. The summed E-state index contributed by atoms with van der Waals surface area (Å²) in [5.41, 5.74) is 8.54. The number of nitrogens with two attached hydrogens (primary N) is 1. The maximum atomic E-state index is 5.67. The van der Waals surface area contributed by atoms with Crippen molar-refractivity contribution in [3.63, 3.8) is 0 Å². The number of nitrogens with zero attached hydrogens (tertiary/aromatic N) is 1. The van der Waals surface area contributed by atoms with Gasteiger partial charge in [0.05, 0.1) is 19.7 Å². The van der Waals surface area contributed by atoms with Crippen molar-refractivity contribution in [2.75, 3.05) is 14.2 Å². The molecule has 0 radical (unpaired) electrons. The van der Waals surface area contributed by atoms with Crippen LogP contribution in [-0.4, -0.2) is 19.2 Å². The second kappa shape index (κ2) is 4.59. The number of benzene rings is 1. The van der Waals surface area contributed by atoms with E-state index in [9.17, 15) is 0 Å². The molecule has 1 aromatic carbocycles. The van der Waals surface area contributed by atoms with Crippen LogP contribution >= 0.6 is 0 Å². The fourth-order valence-corrected chi connectivity index (χ4v) is 1.90. The van der Waals surface area contributed by atoms with Gasteiger partial charge in [0.1, 0.15) is 5.75 Å². The summed E-state index contributed by atoms with van der Waals surface area (Å²) in [6.45, 7) is 2.40. The van der Waals surface area contributed by atoms with Crippen LogP contribution < -0.4 is 15.2 Å². The molecule has 4 heteroatoms. The fraction of sp³-hybridized carbons (Fsp3) is 0.308. The third-order valence-electron chi connectivity index (χ3n) is 2.77. The van der Waals surface area contributed by atoms with Gasteiger partial charge in [0, 0.05) is 17.5 Å². The molecule has 2 aromatic rings. The molecule has 90 valence electrons. The Morgan fingerprint density at radius 3 is 2.53 bits per heavy atom. The zero-order valence-electron chi connectivity index (χ0n) is 10.3. The molecule has 4 nitrogen and oxygen atoms in total. The van der Waals surface area contributed by atoms with Crippen LogP contribution in [0.4, 0.5) is 0 Å². The van der Waals surface area contributed by atoms with Crippen LogP contribution in [0.5, 0.6) is 11.6 Å². The normalized spacial score (nSPS) is 10.6. The van der Waals surface area contributed by atoms with Gasteiger partial charge < -0.3 is 15.2 Å². The molecule has 0 aliphatic carbocycles. The molecule has 0 aliphatic rings. The van der Waals surface area contributed by atoms with Gasteiger partial charge in [-0.1, -0.05) is 0 Å². The van der Waals surface area contributed by atoms with E-state index >= 15 is 0 Å². The van der Waals surface area contributed by atoms with E-state index in [2.05, 4.69) is 4.98 Å². The molecular weight excluding hydrogens is 216 g/mol. The standard InChI is InChI=1S/C13H16N2O2/c1-8-4-11(16-2)6-9-5-10(7-14)13(17-3)15-12(8)9/h4-6H,7,14H2,1-3H3. The average Bonchev–Trinajstić information content (AvgIpc) is 2.36. The van der Waals surface area contributed by atoms with Gasteiger partial charge in [0.25, 0.3) is 0 Å². The third-order valence-corrected chi connectivity index (χ3v) is 2.77. The summed E-state index contributed by atoms with van der Waals surface area (Å²) in [5, 5.41) is 1.02. The minimum Gasteiger partial charge on any atom is -0.497 e. The number of aryl methyl sites for hydroxylation is 1. The number of hydrogen-bond donors (Lipinski definition) is 1. The lowest BCUT2D eigenvalue weighted by Gasteiger charge is -2.10. The van der Waals surface area contributed by atoms with E-state index in [4.69, 9.17) is 15.2 Å². The molecule has 1 heterocycles. The molecule has 0 saturated heterocycles. The Morgan fingerprint density at radius 2 is 1.94 bits per heavy atom. The maximum Gasteiger partial charge on any atom is 0.218 e. The highest BCUT2D eigenvalue weighted by Crippen LogP contribution is 2.27. The summed E-state index contributed by atoms with van der Waals surface area (Å²) >= 11 is 0. The first-order valence-electron chi connectivity index (χ1n) is 5.42. The number of ether oxygens (including phenoxy) is 2. The number of aromatic nitrogens is 1. The van der Waals surface area contributed by atoms with Crippen molar-refractivity contribution < 1.29 is 9.47 Å². The first-order valence-corrected chi connectivity index (χ1v) is 5.42. The van der Waals surface area contributed by atoms with Gasteiger partial charge in [-0.25, -0.2) is 4.98 Å². The average molecular weight is 232 g/mol. The van der Waals surface area contributed by atoms with Gasteiger partial charge in [-0.05, 0) is 30.7 Å².